The van der Waals surface area contributed by atoms with Crippen LogP contribution in [0.25, 0.3) is 16.3 Å². The van der Waals surface area contributed by atoms with Crippen LogP contribution in [0.2, 0.25) is 0 Å². The van der Waals surface area contributed by atoms with Crippen LogP contribution in [-0.2, 0) is 0 Å². The fourth-order valence-electron chi connectivity index (χ4n) is 2.61. The van der Waals surface area contributed by atoms with Crippen LogP contribution in [0.5, 0.6) is 0 Å². The molecule has 0 aliphatic carbocycles. The Balaban J connectivity index is 2.09. The standard InChI is InChI=1S/C21H15NO/c1-15(18-12-11-16-7-5-6-10-19(16)13-18)20(14-22)21(23)17-8-3-2-4-9-17/h2-13H,1H3/b20-15-. The van der Waals surface area contributed by atoms with Gasteiger partial charge in [-0.05, 0) is 34.9 Å². The number of ketones is 1. The highest BCUT2D eigenvalue weighted by Crippen LogP contribution is 2.24. The van der Waals surface area contributed by atoms with E-state index in [0.717, 1.165) is 16.3 Å². The molecule has 3 aromatic carbocycles. The molecule has 3 rings (SSSR count). The number of hydrogen-bond donors (Lipinski definition) is 0. The molecular weight excluding hydrogens is 282 g/mol. The van der Waals surface area contributed by atoms with Crippen LogP contribution in [0.3, 0.4) is 0 Å². The van der Waals surface area contributed by atoms with E-state index in [1.807, 2.05) is 55.5 Å². The van der Waals surface area contributed by atoms with Crippen molar-refractivity contribution in [3.05, 3.63) is 89.5 Å². The number of hydrogen-bond acceptors (Lipinski definition) is 2. The Bertz CT molecular complexity index is 946. The van der Waals surface area contributed by atoms with E-state index >= 15 is 0 Å². The van der Waals surface area contributed by atoms with Crippen molar-refractivity contribution in [1.29, 1.82) is 5.26 Å². The summed E-state index contributed by atoms with van der Waals surface area (Å²) in [6.07, 6.45) is 0. The molecule has 23 heavy (non-hydrogen) atoms. The van der Waals surface area contributed by atoms with E-state index in [9.17, 15) is 10.1 Å². The summed E-state index contributed by atoms with van der Waals surface area (Å²) < 4.78 is 0. The van der Waals surface area contributed by atoms with E-state index < -0.39 is 0 Å². The van der Waals surface area contributed by atoms with Gasteiger partial charge in [0, 0.05) is 5.56 Å². The quantitative estimate of drug-likeness (QED) is 0.387. The van der Waals surface area contributed by atoms with E-state index in [0.29, 0.717) is 11.1 Å². The van der Waals surface area contributed by atoms with Crippen LogP contribution in [0, 0.1) is 11.3 Å². The zero-order chi connectivity index (χ0) is 16.2. The molecule has 2 nitrogen and oxygen atoms in total. The van der Waals surface area contributed by atoms with Crippen LogP contribution in [-0.4, -0.2) is 5.78 Å². The Kier molecular flexibility index (Phi) is 4.03. The lowest BCUT2D eigenvalue weighted by Gasteiger charge is -2.07. The summed E-state index contributed by atoms with van der Waals surface area (Å²) in [7, 11) is 0. The first-order chi connectivity index (χ1) is 11.2. The van der Waals surface area contributed by atoms with Gasteiger partial charge in [0.1, 0.15) is 11.6 Å². The monoisotopic (exact) mass is 297 g/mol. The minimum absolute atomic E-state index is 0.187. The molecule has 0 saturated heterocycles. The van der Waals surface area contributed by atoms with Crippen LogP contribution in [0.1, 0.15) is 22.8 Å². The highest BCUT2D eigenvalue weighted by Gasteiger charge is 2.15. The van der Waals surface area contributed by atoms with Gasteiger partial charge < -0.3 is 0 Å². The number of Topliss-reactive ketones (excluding diaryl/α,β-unsaturated/α-hetero) is 1. The molecule has 0 aromatic heterocycles. The molecule has 0 spiro atoms. The number of nitrogens with zero attached hydrogens (tertiary/aromatic N) is 1. The van der Waals surface area contributed by atoms with Crippen molar-refractivity contribution in [3.8, 4) is 6.07 Å². The Morgan fingerprint density at radius 1 is 0.826 bits per heavy atom. The van der Waals surface area contributed by atoms with E-state index in [4.69, 9.17) is 0 Å². The molecule has 3 aromatic rings. The lowest BCUT2D eigenvalue weighted by molar-refractivity contribution is 0.103. The Morgan fingerprint density at radius 3 is 2.17 bits per heavy atom. The summed E-state index contributed by atoms with van der Waals surface area (Å²) in [5.41, 5.74) is 2.31. The largest absolute Gasteiger partial charge is 0.288 e. The van der Waals surface area contributed by atoms with Crippen molar-refractivity contribution >= 4 is 22.1 Å². The van der Waals surface area contributed by atoms with Crippen molar-refractivity contribution in [3.63, 3.8) is 0 Å². The van der Waals surface area contributed by atoms with Crippen LogP contribution in [0.15, 0.2) is 78.4 Å². The summed E-state index contributed by atoms with van der Waals surface area (Å²) in [5.74, 6) is -0.237. The molecule has 0 bridgehead atoms. The first-order valence-electron chi connectivity index (χ1n) is 7.40. The predicted molar refractivity (Wildman–Crippen MR) is 92.9 cm³/mol. The van der Waals surface area contributed by atoms with Crippen molar-refractivity contribution in [2.24, 2.45) is 0 Å². The summed E-state index contributed by atoms with van der Waals surface area (Å²) >= 11 is 0. The molecular formula is C21H15NO. The fourth-order valence-corrected chi connectivity index (χ4v) is 2.61. The SMILES string of the molecule is C/C(=C(\C#N)C(=O)c1ccccc1)c1ccc2ccccc2c1. The Labute approximate surface area is 135 Å². The smallest absolute Gasteiger partial charge is 0.203 e. The van der Waals surface area contributed by atoms with Gasteiger partial charge in [-0.25, -0.2) is 0 Å². The van der Waals surface area contributed by atoms with E-state index in [1.165, 1.54) is 0 Å². The van der Waals surface area contributed by atoms with Crippen LogP contribution in [0.4, 0.5) is 0 Å². The number of carbonyl (C=O) groups excluding carboxylic acids is 1. The lowest BCUT2D eigenvalue weighted by atomic mass is 9.94. The van der Waals surface area contributed by atoms with Gasteiger partial charge in [-0.2, -0.15) is 5.26 Å². The van der Waals surface area contributed by atoms with E-state index in [2.05, 4.69) is 6.07 Å². The maximum atomic E-state index is 12.6. The van der Waals surface area contributed by atoms with Gasteiger partial charge in [0.15, 0.2) is 0 Å². The van der Waals surface area contributed by atoms with Gasteiger partial charge >= 0.3 is 0 Å². The molecule has 2 heteroatoms. The molecule has 0 aliphatic rings. The van der Waals surface area contributed by atoms with E-state index in [1.54, 1.807) is 24.3 Å². The first kappa shape index (κ1) is 14.7. The number of nitriles is 1. The van der Waals surface area contributed by atoms with Gasteiger partial charge in [0.05, 0.1) is 0 Å². The average Bonchev–Trinajstić information content (AvgIpc) is 2.62. The maximum Gasteiger partial charge on any atom is 0.203 e. The zero-order valence-corrected chi connectivity index (χ0v) is 12.8. The molecule has 0 radical (unpaired) electrons. The van der Waals surface area contributed by atoms with Crippen LogP contribution >= 0.6 is 0 Å². The highest BCUT2D eigenvalue weighted by atomic mass is 16.1. The molecule has 0 heterocycles. The molecule has 0 saturated carbocycles. The number of benzene rings is 3. The summed E-state index contributed by atoms with van der Waals surface area (Å²) in [4.78, 5) is 12.6. The second-order valence-corrected chi connectivity index (χ2v) is 5.37. The fraction of sp³-hybridized carbons (Fsp3) is 0.0476. The lowest BCUT2D eigenvalue weighted by Crippen LogP contribution is -2.04. The molecule has 0 N–H and O–H groups in total. The Morgan fingerprint density at radius 2 is 1.48 bits per heavy atom. The molecule has 0 unspecified atom stereocenters. The Hall–Kier alpha value is -3.18. The third-order valence-electron chi connectivity index (χ3n) is 3.93. The van der Waals surface area contributed by atoms with Crippen molar-refractivity contribution in [1.82, 2.24) is 0 Å². The summed E-state index contributed by atoms with van der Waals surface area (Å²) in [6, 6.07) is 25.0. The van der Waals surface area contributed by atoms with E-state index in [-0.39, 0.29) is 11.4 Å². The normalized spacial score (nSPS) is 11.7. The van der Waals surface area contributed by atoms with Crippen molar-refractivity contribution in [2.75, 3.05) is 0 Å². The molecule has 0 aliphatic heterocycles. The average molecular weight is 297 g/mol. The molecule has 0 atom stereocenters. The number of carbonyl (C=O) groups is 1. The minimum atomic E-state index is -0.237. The van der Waals surface area contributed by atoms with Gasteiger partial charge in [-0.1, -0.05) is 66.7 Å². The zero-order valence-electron chi connectivity index (χ0n) is 12.8. The molecule has 0 fully saturated rings. The number of allylic oxidation sites excluding steroid dienone is 2. The van der Waals surface area contributed by atoms with Gasteiger partial charge in [-0.15, -0.1) is 0 Å². The maximum absolute atomic E-state index is 12.6. The van der Waals surface area contributed by atoms with Crippen molar-refractivity contribution in [2.45, 2.75) is 6.92 Å². The molecule has 110 valence electrons. The highest BCUT2D eigenvalue weighted by molar-refractivity contribution is 6.15. The third kappa shape index (κ3) is 2.90. The predicted octanol–water partition coefficient (Wildman–Crippen LogP) is 5.02. The topological polar surface area (TPSA) is 40.9 Å². The summed E-state index contributed by atoms with van der Waals surface area (Å²) in [5, 5.41) is 11.7. The summed E-state index contributed by atoms with van der Waals surface area (Å²) in [6.45, 7) is 1.82. The van der Waals surface area contributed by atoms with Gasteiger partial charge in [-0.3, -0.25) is 4.79 Å². The second-order valence-electron chi connectivity index (χ2n) is 5.37. The molecule has 0 amide bonds. The first-order valence-corrected chi connectivity index (χ1v) is 7.40. The second kappa shape index (κ2) is 6.29. The van der Waals surface area contributed by atoms with Gasteiger partial charge in [0.25, 0.3) is 0 Å². The third-order valence-corrected chi connectivity index (χ3v) is 3.93. The van der Waals surface area contributed by atoms with Gasteiger partial charge in [0.2, 0.25) is 5.78 Å². The van der Waals surface area contributed by atoms with Crippen LogP contribution < -0.4 is 0 Å². The minimum Gasteiger partial charge on any atom is -0.288 e. The van der Waals surface area contributed by atoms with Crippen molar-refractivity contribution < 1.29 is 4.79 Å². The number of fused-ring (bicyclic) bond motifs is 1. The number of rotatable bonds is 3.